The number of pyridine rings is 1. The molecule has 0 N–H and O–H groups in total. The molecule has 166 valence electrons. The van der Waals surface area contributed by atoms with Gasteiger partial charge in [-0.1, -0.05) is 0 Å². The Balaban J connectivity index is 1.90. The Morgan fingerprint density at radius 3 is 2.47 bits per heavy atom. The number of piperidine rings is 1. The number of amides is 1. The third-order valence-electron chi connectivity index (χ3n) is 4.21. The van der Waals surface area contributed by atoms with Crippen LogP contribution in [0.15, 0.2) is 18.3 Å². The predicted molar refractivity (Wildman–Crippen MR) is 95.3 cm³/mol. The number of Topliss-reactive ketones (excluding diaryl/α,β-unsaturated/α-hetero) is 1. The lowest BCUT2D eigenvalue weighted by atomic mass is 9.95. The minimum atomic E-state index is -4.73. The van der Waals surface area contributed by atoms with Gasteiger partial charge in [0.05, 0.1) is 12.5 Å². The summed E-state index contributed by atoms with van der Waals surface area (Å²) in [7, 11) is 0. The first-order valence-electron chi connectivity index (χ1n) is 9.13. The average Bonchev–Trinajstić information content (AvgIpc) is 2.63. The highest BCUT2D eigenvalue weighted by Crippen LogP contribution is 2.28. The zero-order valence-electron chi connectivity index (χ0n) is 16.7. The van der Waals surface area contributed by atoms with Gasteiger partial charge < -0.3 is 14.4 Å². The van der Waals surface area contributed by atoms with Crippen LogP contribution < -0.4 is 0 Å². The normalized spacial score (nSPS) is 19.9. The summed E-state index contributed by atoms with van der Waals surface area (Å²) >= 11 is 0. The molecule has 2 heterocycles. The number of likely N-dealkylation sites (tertiary alicyclic amines) is 1. The lowest BCUT2D eigenvalue weighted by Gasteiger charge is -2.34. The van der Waals surface area contributed by atoms with Crippen molar-refractivity contribution in [1.29, 1.82) is 0 Å². The number of halogens is 4. The quantitative estimate of drug-likeness (QED) is 0.410. The summed E-state index contributed by atoms with van der Waals surface area (Å²) in [5.74, 6) is -3.07. The summed E-state index contributed by atoms with van der Waals surface area (Å²) in [6, 6.07) is 1.61. The molecule has 1 aromatic heterocycles. The average molecular weight is 434 g/mol. The topological polar surface area (TPSA) is 85.8 Å². The summed E-state index contributed by atoms with van der Waals surface area (Å²) in [6.45, 7) is 3.85. The SMILES string of the molecule is CC(C)(C)OC(=O)N1CC[C@@H](C(=O)OCC(=O)c2ccnc(C(F)(F)F)c2)[C@@H](F)C1. The van der Waals surface area contributed by atoms with Crippen molar-refractivity contribution in [3.05, 3.63) is 29.6 Å². The molecule has 11 heteroatoms. The maximum Gasteiger partial charge on any atom is 0.433 e. The molecular formula is C19H22F4N2O5. The molecular weight excluding hydrogens is 412 g/mol. The number of carbonyl (C=O) groups excluding carboxylic acids is 3. The molecule has 1 aliphatic heterocycles. The van der Waals surface area contributed by atoms with Crippen molar-refractivity contribution >= 4 is 17.8 Å². The molecule has 0 spiro atoms. The minimum Gasteiger partial charge on any atom is -0.457 e. The Morgan fingerprint density at radius 2 is 1.90 bits per heavy atom. The minimum absolute atomic E-state index is 0.0408. The van der Waals surface area contributed by atoms with Crippen molar-refractivity contribution in [1.82, 2.24) is 9.88 Å². The van der Waals surface area contributed by atoms with Crippen molar-refractivity contribution in [2.75, 3.05) is 19.7 Å². The number of hydrogen-bond donors (Lipinski definition) is 0. The standard InChI is InChI=1S/C19H22F4N2O5/c1-18(2,3)30-17(28)25-7-5-12(13(20)9-25)16(27)29-10-14(26)11-4-6-24-15(8-11)19(21,22)23/h4,6,8,12-13H,5,7,9-10H2,1-3H3/t12-,13+/m1/s1. The third-order valence-corrected chi connectivity index (χ3v) is 4.21. The summed E-state index contributed by atoms with van der Waals surface area (Å²) in [5, 5.41) is 0. The van der Waals surface area contributed by atoms with E-state index in [2.05, 4.69) is 4.98 Å². The maximum absolute atomic E-state index is 14.4. The highest BCUT2D eigenvalue weighted by molar-refractivity contribution is 5.98. The molecule has 2 rings (SSSR count). The highest BCUT2D eigenvalue weighted by Gasteiger charge is 2.38. The lowest BCUT2D eigenvalue weighted by Crippen LogP contribution is -2.49. The summed E-state index contributed by atoms with van der Waals surface area (Å²) in [4.78, 5) is 40.4. The van der Waals surface area contributed by atoms with Crippen LogP contribution in [0, 0.1) is 5.92 Å². The van der Waals surface area contributed by atoms with E-state index in [1.165, 1.54) is 0 Å². The second-order valence-corrected chi connectivity index (χ2v) is 7.80. The zero-order valence-corrected chi connectivity index (χ0v) is 16.7. The van der Waals surface area contributed by atoms with Crippen LogP contribution in [0.25, 0.3) is 0 Å². The number of ketones is 1. The number of nitrogens with zero attached hydrogens (tertiary/aromatic N) is 2. The highest BCUT2D eigenvalue weighted by atomic mass is 19.4. The molecule has 0 aromatic carbocycles. The van der Waals surface area contributed by atoms with E-state index in [1.54, 1.807) is 20.8 Å². The van der Waals surface area contributed by atoms with Crippen molar-refractivity contribution in [3.8, 4) is 0 Å². The van der Waals surface area contributed by atoms with Crippen LogP contribution in [0.5, 0.6) is 0 Å². The Labute approximate surface area is 170 Å². The van der Waals surface area contributed by atoms with Crippen LogP contribution in [0.4, 0.5) is 22.4 Å². The Bertz CT molecular complexity index is 807. The summed E-state index contributed by atoms with van der Waals surface area (Å²) in [5.41, 5.74) is -2.34. The van der Waals surface area contributed by atoms with Gasteiger partial charge in [-0.05, 0) is 39.3 Å². The molecule has 1 saturated heterocycles. The second-order valence-electron chi connectivity index (χ2n) is 7.80. The number of rotatable bonds is 4. The molecule has 1 aliphatic rings. The first kappa shape index (κ1) is 23.6. The fourth-order valence-corrected chi connectivity index (χ4v) is 2.75. The third kappa shape index (κ3) is 6.39. The van der Waals surface area contributed by atoms with E-state index < -0.39 is 54.0 Å². The van der Waals surface area contributed by atoms with Crippen LogP contribution in [0.1, 0.15) is 43.2 Å². The van der Waals surface area contributed by atoms with Crippen molar-refractivity contribution in [2.45, 2.75) is 45.1 Å². The fraction of sp³-hybridized carbons (Fsp3) is 0.579. The van der Waals surface area contributed by atoms with Crippen LogP contribution in [0.2, 0.25) is 0 Å². The maximum atomic E-state index is 14.4. The van der Waals surface area contributed by atoms with Gasteiger partial charge in [0.2, 0.25) is 0 Å². The Kier molecular flexibility index (Phi) is 7.04. The molecule has 1 aromatic rings. The molecule has 0 saturated carbocycles. The smallest absolute Gasteiger partial charge is 0.433 e. The number of carbonyl (C=O) groups is 3. The monoisotopic (exact) mass is 434 g/mol. The van der Waals surface area contributed by atoms with Crippen LogP contribution in [-0.2, 0) is 20.4 Å². The van der Waals surface area contributed by atoms with Gasteiger partial charge in [0.15, 0.2) is 12.4 Å². The largest absolute Gasteiger partial charge is 0.457 e. The molecule has 0 unspecified atom stereocenters. The fourth-order valence-electron chi connectivity index (χ4n) is 2.75. The Hall–Kier alpha value is -2.72. The van der Waals surface area contributed by atoms with Gasteiger partial charge in [-0.25, -0.2) is 9.18 Å². The van der Waals surface area contributed by atoms with Gasteiger partial charge in [-0.15, -0.1) is 0 Å². The Morgan fingerprint density at radius 1 is 1.23 bits per heavy atom. The second kappa shape index (κ2) is 8.97. The predicted octanol–water partition coefficient (Wildman–Crippen LogP) is 3.42. The number of hydrogen-bond acceptors (Lipinski definition) is 6. The van der Waals surface area contributed by atoms with Crippen LogP contribution in [-0.4, -0.2) is 59.2 Å². The molecule has 0 aliphatic carbocycles. The van der Waals surface area contributed by atoms with Gasteiger partial charge in [0.25, 0.3) is 0 Å². The molecule has 1 fully saturated rings. The molecule has 7 nitrogen and oxygen atoms in total. The van der Waals surface area contributed by atoms with Gasteiger partial charge in [-0.2, -0.15) is 13.2 Å². The lowest BCUT2D eigenvalue weighted by molar-refractivity contribution is -0.152. The zero-order chi connectivity index (χ0) is 22.7. The van der Waals surface area contributed by atoms with E-state index in [4.69, 9.17) is 9.47 Å². The molecule has 0 bridgehead atoms. The number of esters is 1. The number of aromatic nitrogens is 1. The summed E-state index contributed by atoms with van der Waals surface area (Å²) < 4.78 is 62.4. The summed E-state index contributed by atoms with van der Waals surface area (Å²) in [6.07, 6.45) is -6.38. The van der Waals surface area contributed by atoms with E-state index >= 15 is 0 Å². The van der Waals surface area contributed by atoms with Crippen molar-refractivity contribution < 1.29 is 41.4 Å². The van der Waals surface area contributed by atoms with E-state index in [0.29, 0.717) is 6.07 Å². The van der Waals surface area contributed by atoms with Crippen LogP contribution in [0.3, 0.4) is 0 Å². The first-order valence-corrected chi connectivity index (χ1v) is 9.13. The first-order chi connectivity index (χ1) is 13.8. The van der Waals surface area contributed by atoms with Gasteiger partial charge in [-0.3, -0.25) is 14.6 Å². The van der Waals surface area contributed by atoms with Gasteiger partial charge in [0, 0.05) is 18.3 Å². The van der Waals surface area contributed by atoms with Crippen molar-refractivity contribution in [2.24, 2.45) is 5.92 Å². The van der Waals surface area contributed by atoms with Gasteiger partial charge in [0.1, 0.15) is 17.5 Å². The molecule has 30 heavy (non-hydrogen) atoms. The van der Waals surface area contributed by atoms with E-state index in [0.717, 1.165) is 17.2 Å². The molecule has 1 amide bonds. The van der Waals surface area contributed by atoms with Crippen molar-refractivity contribution in [3.63, 3.8) is 0 Å². The molecule has 2 atom stereocenters. The van der Waals surface area contributed by atoms with E-state index in [1.807, 2.05) is 0 Å². The number of alkyl halides is 4. The van der Waals surface area contributed by atoms with Crippen LogP contribution >= 0.6 is 0 Å². The van der Waals surface area contributed by atoms with E-state index in [9.17, 15) is 31.9 Å². The van der Waals surface area contributed by atoms with Gasteiger partial charge >= 0.3 is 18.2 Å². The molecule has 0 radical (unpaired) electrons. The van der Waals surface area contributed by atoms with E-state index in [-0.39, 0.29) is 25.1 Å². The number of ether oxygens (including phenoxy) is 2.